The maximum atomic E-state index is 5.82. The van der Waals surface area contributed by atoms with Crippen molar-refractivity contribution in [1.29, 1.82) is 0 Å². The fourth-order valence-electron chi connectivity index (χ4n) is 1.78. The van der Waals surface area contributed by atoms with Gasteiger partial charge in [0.05, 0.1) is 5.69 Å². The molecule has 0 aliphatic rings. The molecule has 9 heteroatoms. The third kappa shape index (κ3) is 2.43. The highest BCUT2D eigenvalue weighted by Gasteiger charge is 2.13. The predicted molar refractivity (Wildman–Crippen MR) is 81.9 cm³/mol. The number of nitrogens with zero attached hydrogens (tertiary/aromatic N) is 5. The van der Waals surface area contributed by atoms with Crippen LogP contribution in [-0.2, 0) is 0 Å². The summed E-state index contributed by atoms with van der Waals surface area (Å²) in [6.45, 7) is 0. The lowest BCUT2D eigenvalue weighted by molar-refractivity contribution is 0.960. The summed E-state index contributed by atoms with van der Waals surface area (Å²) in [6, 6.07) is 8.36. The Labute approximate surface area is 124 Å². The Morgan fingerprint density at radius 2 is 1.76 bits per heavy atom. The first kappa shape index (κ1) is 13.1. The Morgan fingerprint density at radius 3 is 2.48 bits per heavy atom. The lowest BCUT2D eigenvalue weighted by atomic mass is 10.3. The second kappa shape index (κ2) is 4.91. The lowest BCUT2D eigenvalue weighted by Crippen LogP contribution is -2.02. The van der Waals surface area contributed by atoms with Crippen molar-refractivity contribution >= 4 is 46.1 Å². The van der Waals surface area contributed by atoms with Gasteiger partial charge in [-0.1, -0.05) is 11.6 Å². The van der Waals surface area contributed by atoms with Gasteiger partial charge in [0.15, 0.2) is 17.2 Å². The van der Waals surface area contributed by atoms with E-state index in [1.165, 1.54) is 10.6 Å². The summed E-state index contributed by atoms with van der Waals surface area (Å²) in [5, 5.41) is 12.8. The van der Waals surface area contributed by atoms with Crippen LogP contribution in [0.1, 0.15) is 0 Å². The molecule has 21 heavy (non-hydrogen) atoms. The van der Waals surface area contributed by atoms with Gasteiger partial charge in [0.2, 0.25) is 0 Å². The first-order valence-corrected chi connectivity index (χ1v) is 6.30. The predicted octanol–water partition coefficient (Wildman–Crippen LogP) is 2.54. The van der Waals surface area contributed by atoms with Gasteiger partial charge >= 0.3 is 0 Å². The second-order valence-electron chi connectivity index (χ2n) is 4.25. The maximum absolute atomic E-state index is 5.82. The van der Waals surface area contributed by atoms with Crippen LogP contribution in [0.25, 0.3) is 5.65 Å². The number of nitrogens with two attached hydrogens (primary N) is 3. The summed E-state index contributed by atoms with van der Waals surface area (Å²) in [4.78, 5) is 4.13. The van der Waals surface area contributed by atoms with Crippen molar-refractivity contribution in [3.63, 3.8) is 0 Å². The smallest absolute Gasteiger partial charge is 0.189 e. The van der Waals surface area contributed by atoms with Gasteiger partial charge in [0.1, 0.15) is 11.6 Å². The second-order valence-corrected chi connectivity index (χ2v) is 4.69. The monoisotopic (exact) mass is 302 g/mol. The van der Waals surface area contributed by atoms with Crippen molar-refractivity contribution in [1.82, 2.24) is 14.6 Å². The van der Waals surface area contributed by atoms with E-state index in [-0.39, 0.29) is 11.6 Å². The van der Waals surface area contributed by atoms with Crippen LogP contribution in [0.4, 0.5) is 28.8 Å². The molecule has 0 bridgehead atoms. The molecule has 0 radical (unpaired) electrons. The van der Waals surface area contributed by atoms with Gasteiger partial charge in [-0.2, -0.15) is 9.63 Å². The molecule has 2 aromatic heterocycles. The third-order valence-corrected chi connectivity index (χ3v) is 2.98. The summed E-state index contributed by atoms with van der Waals surface area (Å²) in [5.41, 5.74) is 18.6. The third-order valence-electron chi connectivity index (χ3n) is 2.73. The molecule has 1 aromatic carbocycles. The minimum atomic E-state index is 0.164. The number of azo groups is 1. The standard InChI is InChI=1S/C12H11ClN8/c13-6-1-3-7(4-2-6)18-19-10-11(16)20-21-9(15)5-8(14)17-12(10)21/h1-5H,15H2,(H2,14,17)(H2,16,20). The number of hydrogen-bond donors (Lipinski definition) is 3. The fourth-order valence-corrected chi connectivity index (χ4v) is 1.90. The molecule has 0 spiro atoms. The largest absolute Gasteiger partial charge is 0.384 e. The number of hydrogen-bond acceptors (Lipinski definition) is 7. The minimum absolute atomic E-state index is 0.164. The van der Waals surface area contributed by atoms with Crippen LogP contribution in [0.5, 0.6) is 0 Å². The zero-order valence-corrected chi connectivity index (χ0v) is 11.5. The van der Waals surface area contributed by atoms with Gasteiger partial charge in [-0.05, 0) is 24.3 Å². The molecule has 6 N–H and O–H groups in total. The minimum Gasteiger partial charge on any atom is -0.384 e. The summed E-state index contributed by atoms with van der Waals surface area (Å²) >= 11 is 5.81. The molecule has 8 nitrogen and oxygen atoms in total. The lowest BCUT2D eigenvalue weighted by Gasteiger charge is -1.99. The molecule has 2 heterocycles. The van der Waals surface area contributed by atoms with E-state index in [9.17, 15) is 0 Å². The normalized spacial score (nSPS) is 11.5. The van der Waals surface area contributed by atoms with Crippen LogP contribution < -0.4 is 17.2 Å². The first-order chi connectivity index (χ1) is 10.0. The van der Waals surface area contributed by atoms with Crippen LogP contribution in [0.3, 0.4) is 0 Å². The number of anilines is 3. The van der Waals surface area contributed by atoms with Crippen LogP contribution in [0, 0.1) is 0 Å². The fraction of sp³-hybridized carbons (Fsp3) is 0. The first-order valence-electron chi connectivity index (χ1n) is 5.92. The molecule has 106 valence electrons. The SMILES string of the molecule is Nc1cc(N)n2nc(N)c(N=Nc3ccc(Cl)cc3)c2n1. The van der Waals surface area contributed by atoms with Gasteiger partial charge in [-0.3, -0.25) is 0 Å². The molecule has 0 fully saturated rings. The zero-order valence-electron chi connectivity index (χ0n) is 10.7. The highest BCUT2D eigenvalue weighted by molar-refractivity contribution is 6.30. The maximum Gasteiger partial charge on any atom is 0.189 e. The number of nitrogen functional groups attached to an aromatic ring is 3. The van der Waals surface area contributed by atoms with Gasteiger partial charge in [0, 0.05) is 11.1 Å². The molecule has 3 rings (SSSR count). The van der Waals surface area contributed by atoms with E-state index >= 15 is 0 Å². The van der Waals surface area contributed by atoms with E-state index in [4.69, 9.17) is 28.8 Å². The number of halogens is 1. The quantitative estimate of drug-likeness (QED) is 0.625. The van der Waals surface area contributed by atoms with Crippen molar-refractivity contribution < 1.29 is 0 Å². The van der Waals surface area contributed by atoms with Crippen LogP contribution in [0.15, 0.2) is 40.6 Å². The molecule has 0 saturated heterocycles. The highest BCUT2D eigenvalue weighted by atomic mass is 35.5. The van der Waals surface area contributed by atoms with Crippen LogP contribution in [0.2, 0.25) is 5.02 Å². The van der Waals surface area contributed by atoms with E-state index in [1.54, 1.807) is 24.3 Å². The molecule has 0 unspecified atom stereocenters. The Hall–Kier alpha value is -2.87. The average Bonchev–Trinajstić information content (AvgIpc) is 2.75. The van der Waals surface area contributed by atoms with Gasteiger partial charge in [-0.25, -0.2) is 4.98 Å². The Kier molecular flexibility index (Phi) is 3.07. The number of rotatable bonds is 2. The number of fused-ring (bicyclic) bond motifs is 1. The van der Waals surface area contributed by atoms with E-state index in [2.05, 4.69) is 20.3 Å². The molecule has 0 aliphatic carbocycles. The molecule has 0 atom stereocenters. The number of benzene rings is 1. The van der Waals surface area contributed by atoms with E-state index in [0.717, 1.165) is 0 Å². The molecule has 0 aliphatic heterocycles. The van der Waals surface area contributed by atoms with Gasteiger partial charge in [0.25, 0.3) is 0 Å². The van der Waals surface area contributed by atoms with Gasteiger partial charge in [-0.15, -0.1) is 10.2 Å². The molecule has 3 aromatic rings. The van der Waals surface area contributed by atoms with Crippen molar-refractivity contribution in [3.05, 3.63) is 35.4 Å². The van der Waals surface area contributed by atoms with E-state index in [0.29, 0.717) is 27.9 Å². The zero-order chi connectivity index (χ0) is 15.0. The Bertz CT molecular complexity index is 837. The Balaban J connectivity index is 2.08. The van der Waals surface area contributed by atoms with E-state index in [1.807, 2.05) is 0 Å². The number of aromatic nitrogens is 3. The van der Waals surface area contributed by atoms with Gasteiger partial charge < -0.3 is 17.2 Å². The summed E-state index contributed by atoms with van der Waals surface area (Å²) in [6.07, 6.45) is 0. The van der Waals surface area contributed by atoms with Crippen molar-refractivity contribution in [2.45, 2.75) is 0 Å². The summed E-state index contributed by atoms with van der Waals surface area (Å²) < 4.78 is 1.36. The molecular formula is C12H11ClN8. The highest BCUT2D eigenvalue weighted by Crippen LogP contribution is 2.30. The average molecular weight is 303 g/mol. The van der Waals surface area contributed by atoms with Crippen LogP contribution >= 0.6 is 11.6 Å². The summed E-state index contributed by atoms with van der Waals surface area (Å²) in [5.74, 6) is 0.734. The van der Waals surface area contributed by atoms with Crippen molar-refractivity contribution in [2.24, 2.45) is 10.2 Å². The van der Waals surface area contributed by atoms with Crippen molar-refractivity contribution in [2.75, 3.05) is 17.2 Å². The van der Waals surface area contributed by atoms with E-state index < -0.39 is 0 Å². The molecular weight excluding hydrogens is 292 g/mol. The van der Waals surface area contributed by atoms with Crippen LogP contribution in [-0.4, -0.2) is 14.6 Å². The topological polar surface area (TPSA) is 133 Å². The molecule has 0 amide bonds. The molecule has 0 saturated carbocycles. The van der Waals surface area contributed by atoms with Crippen molar-refractivity contribution in [3.8, 4) is 0 Å². The summed E-state index contributed by atoms with van der Waals surface area (Å²) in [7, 11) is 0. The Morgan fingerprint density at radius 1 is 1.05 bits per heavy atom.